The molecular weight excluding hydrogens is 399 g/mol. The highest BCUT2D eigenvalue weighted by Gasteiger charge is 2.52. The maximum Gasteiger partial charge on any atom is 0.492 e. The quantitative estimate of drug-likeness (QED) is 0.560. The number of hydrogen-bond donors (Lipinski definition) is 1. The average molecular weight is 432 g/mol. The van der Waals surface area contributed by atoms with E-state index in [4.69, 9.17) is 18.8 Å². The van der Waals surface area contributed by atoms with E-state index in [0.29, 0.717) is 11.0 Å². The molecule has 0 saturated carbocycles. The molecule has 2 heterocycles. The molecule has 0 unspecified atom stereocenters. The maximum atomic E-state index is 12.2. The minimum Gasteiger partial charge on any atom is -0.464 e. The Bertz CT molecular complexity index is 857. The first-order valence-electron chi connectivity index (χ1n) is 10.2. The van der Waals surface area contributed by atoms with Crippen LogP contribution in [0.2, 0.25) is 0 Å². The summed E-state index contributed by atoms with van der Waals surface area (Å²) in [5.41, 5.74) is 0.676. The summed E-state index contributed by atoms with van der Waals surface area (Å²) < 4.78 is 22.4. The molecule has 0 bridgehead atoms. The van der Waals surface area contributed by atoms with Gasteiger partial charge in [-0.1, -0.05) is 6.08 Å². The van der Waals surface area contributed by atoms with Crippen LogP contribution in [0.4, 0.5) is 4.79 Å². The van der Waals surface area contributed by atoms with Crippen molar-refractivity contribution in [2.75, 3.05) is 13.7 Å². The van der Waals surface area contributed by atoms with E-state index < -0.39 is 36.0 Å². The van der Waals surface area contributed by atoms with Crippen molar-refractivity contribution in [3.63, 3.8) is 0 Å². The number of amides is 1. The molecule has 0 aromatic carbocycles. The van der Waals surface area contributed by atoms with Gasteiger partial charge in [-0.3, -0.25) is 0 Å². The first-order chi connectivity index (χ1) is 14.1. The fourth-order valence-corrected chi connectivity index (χ4v) is 2.89. The van der Waals surface area contributed by atoms with Gasteiger partial charge in [0.05, 0.1) is 18.3 Å². The van der Waals surface area contributed by atoms with Gasteiger partial charge in [0.25, 0.3) is 0 Å². The van der Waals surface area contributed by atoms with Crippen molar-refractivity contribution < 1.29 is 28.4 Å². The second-order valence-corrected chi connectivity index (χ2v) is 9.59. The van der Waals surface area contributed by atoms with Crippen molar-refractivity contribution >= 4 is 25.3 Å². The topological polar surface area (TPSA) is 96.0 Å². The molecule has 1 N–H and O–H groups in total. The first-order valence-corrected chi connectivity index (χ1v) is 10.2. The standard InChI is InChI=1S/C22H33BN2O6/c1-14-10-15(12-24-17(14)18(26)28-9)11-16(13-25-19(27)29-20(2,3)4)23-30-21(5,6)22(7,8)31-23/h10-12H,13H2,1-9H3,(H,25,27). The van der Waals surface area contributed by atoms with Gasteiger partial charge >= 0.3 is 19.2 Å². The summed E-state index contributed by atoms with van der Waals surface area (Å²) in [6, 6.07) is 1.82. The van der Waals surface area contributed by atoms with E-state index in [-0.39, 0.29) is 12.2 Å². The molecule has 1 amide bonds. The largest absolute Gasteiger partial charge is 0.492 e. The normalized spacial score (nSPS) is 18.0. The monoisotopic (exact) mass is 432 g/mol. The number of alkyl carbamates (subject to hydrolysis) is 1. The lowest BCUT2D eigenvalue weighted by molar-refractivity contribution is 0.00578. The van der Waals surface area contributed by atoms with Gasteiger partial charge in [-0.2, -0.15) is 0 Å². The van der Waals surface area contributed by atoms with Crippen molar-refractivity contribution in [2.45, 2.75) is 72.2 Å². The maximum absolute atomic E-state index is 12.2. The molecule has 1 aromatic heterocycles. The summed E-state index contributed by atoms with van der Waals surface area (Å²) in [5.74, 6) is -0.495. The Balaban J connectivity index is 2.32. The third-order valence-electron chi connectivity index (χ3n) is 5.22. The van der Waals surface area contributed by atoms with Crippen LogP contribution in [0.1, 0.15) is 70.1 Å². The Kier molecular flexibility index (Phi) is 7.23. The number of nitrogens with zero attached hydrogens (tertiary/aromatic N) is 1. The van der Waals surface area contributed by atoms with E-state index >= 15 is 0 Å². The molecule has 0 atom stereocenters. The number of methoxy groups -OCH3 is 1. The number of esters is 1. The second kappa shape index (κ2) is 9.00. The van der Waals surface area contributed by atoms with Gasteiger partial charge < -0.3 is 24.1 Å². The lowest BCUT2D eigenvalue weighted by atomic mass is 9.77. The van der Waals surface area contributed by atoms with Crippen LogP contribution in [-0.4, -0.2) is 54.6 Å². The third kappa shape index (κ3) is 6.30. The highest BCUT2D eigenvalue weighted by Crippen LogP contribution is 2.38. The minimum atomic E-state index is -0.666. The number of pyridine rings is 1. The average Bonchev–Trinajstić information content (AvgIpc) is 2.84. The number of carbonyl (C=O) groups is 2. The number of aryl methyl sites for hydroxylation is 1. The predicted octanol–water partition coefficient (Wildman–Crippen LogP) is 3.72. The Morgan fingerprint density at radius 3 is 2.26 bits per heavy atom. The molecule has 1 aromatic rings. The molecule has 0 aliphatic carbocycles. The number of carbonyl (C=O) groups excluding carboxylic acids is 2. The molecule has 1 fully saturated rings. The van der Waals surface area contributed by atoms with E-state index in [2.05, 4.69) is 10.3 Å². The zero-order valence-corrected chi connectivity index (χ0v) is 19.9. The Morgan fingerprint density at radius 2 is 1.77 bits per heavy atom. The van der Waals surface area contributed by atoms with E-state index in [1.54, 1.807) is 33.9 Å². The Morgan fingerprint density at radius 1 is 1.19 bits per heavy atom. The summed E-state index contributed by atoms with van der Waals surface area (Å²) in [5, 5.41) is 2.76. The number of hydrogen-bond acceptors (Lipinski definition) is 7. The Labute approximate surface area is 184 Å². The van der Waals surface area contributed by atoms with Crippen LogP contribution in [0.15, 0.2) is 17.7 Å². The van der Waals surface area contributed by atoms with E-state index in [1.165, 1.54) is 7.11 Å². The lowest BCUT2D eigenvalue weighted by Crippen LogP contribution is -2.41. The number of nitrogens with one attached hydrogen (secondary N) is 1. The molecule has 0 spiro atoms. The van der Waals surface area contributed by atoms with Gasteiger partial charge in [0.15, 0.2) is 5.69 Å². The molecular formula is C22H33BN2O6. The second-order valence-electron chi connectivity index (χ2n) is 9.59. The van der Waals surface area contributed by atoms with Gasteiger partial charge in [0, 0.05) is 12.7 Å². The van der Waals surface area contributed by atoms with Crippen molar-refractivity contribution in [2.24, 2.45) is 0 Å². The molecule has 1 saturated heterocycles. The summed E-state index contributed by atoms with van der Waals surface area (Å²) in [6.07, 6.45) is 2.86. The van der Waals surface area contributed by atoms with E-state index in [1.807, 2.05) is 39.8 Å². The SMILES string of the molecule is COC(=O)c1ncc(C=C(CNC(=O)OC(C)(C)C)B2OC(C)(C)C(C)(C)O2)cc1C. The van der Waals surface area contributed by atoms with E-state index in [9.17, 15) is 9.59 Å². The van der Waals surface area contributed by atoms with Crippen molar-refractivity contribution in [3.8, 4) is 0 Å². The van der Waals surface area contributed by atoms with Crippen LogP contribution in [0, 0.1) is 6.92 Å². The molecule has 31 heavy (non-hydrogen) atoms. The van der Waals surface area contributed by atoms with Gasteiger partial charge in [0.1, 0.15) is 5.60 Å². The van der Waals surface area contributed by atoms with Crippen LogP contribution in [0.25, 0.3) is 6.08 Å². The molecule has 2 rings (SSSR count). The van der Waals surface area contributed by atoms with Gasteiger partial charge in [-0.05, 0) is 78.1 Å². The lowest BCUT2D eigenvalue weighted by Gasteiger charge is -2.32. The highest BCUT2D eigenvalue weighted by molar-refractivity contribution is 6.56. The zero-order valence-electron chi connectivity index (χ0n) is 19.9. The Hall–Kier alpha value is -2.39. The zero-order chi connectivity index (χ0) is 23.6. The van der Waals surface area contributed by atoms with Crippen molar-refractivity contribution in [3.05, 3.63) is 34.6 Å². The fraction of sp³-hybridized carbons (Fsp3) is 0.591. The van der Waals surface area contributed by atoms with Crippen LogP contribution >= 0.6 is 0 Å². The van der Waals surface area contributed by atoms with Crippen LogP contribution in [0.3, 0.4) is 0 Å². The van der Waals surface area contributed by atoms with Crippen molar-refractivity contribution in [1.29, 1.82) is 0 Å². The van der Waals surface area contributed by atoms with Crippen LogP contribution in [-0.2, 0) is 18.8 Å². The molecule has 1 aliphatic rings. The van der Waals surface area contributed by atoms with Gasteiger partial charge in [0.2, 0.25) is 0 Å². The van der Waals surface area contributed by atoms with Crippen LogP contribution < -0.4 is 5.32 Å². The summed E-state index contributed by atoms with van der Waals surface area (Å²) in [7, 11) is 0.649. The molecule has 9 heteroatoms. The molecule has 8 nitrogen and oxygen atoms in total. The van der Waals surface area contributed by atoms with Gasteiger partial charge in [-0.15, -0.1) is 0 Å². The van der Waals surface area contributed by atoms with E-state index in [0.717, 1.165) is 5.56 Å². The molecule has 170 valence electrons. The highest BCUT2D eigenvalue weighted by atomic mass is 16.7. The fourth-order valence-electron chi connectivity index (χ4n) is 2.89. The summed E-state index contributed by atoms with van der Waals surface area (Å²) in [4.78, 5) is 28.2. The molecule has 1 aliphatic heterocycles. The minimum absolute atomic E-state index is 0.156. The van der Waals surface area contributed by atoms with Crippen molar-refractivity contribution in [1.82, 2.24) is 10.3 Å². The number of ether oxygens (including phenoxy) is 2. The first kappa shape index (κ1) is 24.9. The van der Waals surface area contributed by atoms with Gasteiger partial charge in [-0.25, -0.2) is 14.6 Å². The summed E-state index contributed by atoms with van der Waals surface area (Å²) >= 11 is 0. The number of aromatic nitrogens is 1. The number of rotatable bonds is 5. The summed E-state index contributed by atoms with van der Waals surface area (Å²) in [6.45, 7) is 15.2. The predicted molar refractivity (Wildman–Crippen MR) is 119 cm³/mol. The third-order valence-corrected chi connectivity index (χ3v) is 5.22. The molecule has 0 radical (unpaired) electrons. The smallest absolute Gasteiger partial charge is 0.464 e. The van der Waals surface area contributed by atoms with Crippen LogP contribution in [0.5, 0.6) is 0 Å².